The first-order chi connectivity index (χ1) is 16.8. The molecule has 0 bridgehead atoms. The summed E-state index contributed by atoms with van der Waals surface area (Å²) in [5.74, 6) is 0.112. The summed E-state index contributed by atoms with van der Waals surface area (Å²) in [4.78, 5) is 44.3. The Kier molecular flexibility index (Phi) is 8.97. The van der Waals surface area contributed by atoms with E-state index in [9.17, 15) is 14.4 Å². The van der Waals surface area contributed by atoms with Crippen molar-refractivity contribution in [1.82, 2.24) is 25.3 Å². The minimum absolute atomic E-state index is 0.0728. The lowest BCUT2D eigenvalue weighted by molar-refractivity contribution is -0.139. The lowest BCUT2D eigenvalue weighted by Gasteiger charge is -2.40. The summed E-state index contributed by atoms with van der Waals surface area (Å²) < 4.78 is 11.0. The molecular formula is C25H37N5O5. The van der Waals surface area contributed by atoms with Crippen molar-refractivity contribution in [3.8, 4) is 5.75 Å². The van der Waals surface area contributed by atoms with Gasteiger partial charge < -0.3 is 25.0 Å². The molecule has 0 spiro atoms. The Morgan fingerprint density at radius 1 is 1.14 bits per heavy atom. The van der Waals surface area contributed by atoms with Crippen molar-refractivity contribution in [1.29, 1.82) is 0 Å². The first-order valence-electron chi connectivity index (χ1n) is 12.2. The number of carbonyl (C=O) groups excluding carboxylic acids is 3. The summed E-state index contributed by atoms with van der Waals surface area (Å²) in [6, 6.07) is 6.36. The molecule has 0 radical (unpaired) electrons. The van der Waals surface area contributed by atoms with Gasteiger partial charge in [-0.15, -0.1) is 0 Å². The van der Waals surface area contributed by atoms with Crippen LogP contribution in [-0.2, 0) is 9.53 Å². The minimum atomic E-state index is -0.700. The maximum absolute atomic E-state index is 13.3. The molecule has 1 aromatic carbocycles. The van der Waals surface area contributed by atoms with Crippen molar-refractivity contribution < 1.29 is 23.9 Å². The highest BCUT2D eigenvalue weighted by molar-refractivity contribution is 5.95. The van der Waals surface area contributed by atoms with Gasteiger partial charge in [-0.25, -0.2) is 14.4 Å². The van der Waals surface area contributed by atoms with E-state index in [0.29, 0.717) is 61.9 Å². The van der Waals surface area contributed by atoms with Gasteiger partial charge in [0.25, 0.3) is 0 Å². The van der Waals surface area contributed by atoms with Gasteiger partial charge in [-0.1, -0.05) is 18.2 Å². The molecule has 4 amide bonds. The number of para-hydroxylation sites is 1. The van der Waals surface area contributed by atoms with E-state index in [2.05, 4.69) is 15.5 Å². The zero-order chi connectivity index (χ0) is 25.5. The van der Waals surface area contributed by atoms with E-state index in [1.807, 2.05) is 39.0 Å². The molecular weight excluding hydrogens is 450 g/mol. The van der Waals surface area contributed by atoms with Crippen LogP contribution in [0.25, 0.3) is 0 Å². The Labute approximate surface area is 207 Å². The van der Waals surface area contributed by atoms with Gasteiger partial charge in [0.1, 0.15) is 5.75 Å². The molecule has 2 heterocycles. The number of benzene rings is 1. The minimum Gasteiger partial charge on any atom is -0.496 e. The number of amides is 4. The largest absolute Gasteiger partial charge is 0.496 e. The number of piperazine rings is 1. The lowest BCUT2D eigenvalue weighted by Crippen LogP contribution is -2.55. The smallest absolute Gasteiger partial charge is 0.338 e. The van der Waals surface area contributed by atoms with Crippen LogP contribution < -0.4 is 15.4 Å². The third-order valence-corrected chi connectivity index (χ3v) is 6.14. The molecule has 192 valence electrons. The topological polar surface area (TPSA) is 103 Å². The number of esters is 1. The van der Waals surface area contributed by atoms with E-state index in [1.165, 1.54) is 0 Å². The third-order valence-electron chi connectivity index (χ3n) is 6.14. The van der Waals surface area contributed by atoms with Gasteiger partial charge >= 0.3 is 18.0 Å². The summed E-state index contributed by atoms with van der Waals surface area (Å²) in [6.07, 6.45) is 0. The molecule has 10 heteroatoms. The molecule has 10 nitrogen and oxygen atoms in total. The molecule has 2 aliphatic rings. The number of hydrogen-bond acceptors (Lipinski definition) is 6. The van der Waals surface area contributed by atoms with Crippen molar-refractivity contribution >= 4 is 18.0 Å². The van der Waals surface area contributed by atoms with E-state index < -0.39 is 12.0 Å². The van der Waals surface area contributed by atoms with Crippen LogP contribution in [0.2, 0.25) is 0 Å². The highest BCUT2D eigenvalue weighted by Gasteiger charge is 2.39. The molecule has 1 atom stereocenters. The molecule has 2 N–H and O–H groups in total. The molecule has 1 unspecified atom stereocenters. The predicted molar refractivity (Wildman–Crippen MR) is 132 cm³/mol. The Morgan fingerprint density at radius 2 is 1.83 bits per heavy atom. The summed E-state index contributed by atoms with van der Waals surface area (Å²) >= 11 is 0. The molecule has 35 heavy (non-hydrogen) atoms. The number of nitrogens with zero attached hydrogens (tertiary/aromatic N) is 3. The highest BCUT2D eigenvalue weighted by Crippen LogP contribution is 2.36. The van der Waals surface area contributed by atoms with Crippen molar-refractivity contribution in [3.63, 3.8) is 0 Å². The van der Waals surface area contributed by atoms with Crippen LogP contribution in [0, 0.1) is 0 Å². The molecule has 3 rings (SSSR count). The summed E-state index contributed by atoms with van der Waals surface area (Å²) in [7, 11) is 1.56. The first kappa shape index (κ1) is 26.3. The van der Waals surface area contributed by atoms with Crippen LogP contribution in [0.4, 0.5) is 9.59 Å². The second-order valence-corrected chi connectivity index (χ2v) is 8.82. The van der Waals surface area contributed by atoms with Crippen LogP contribution in [0.1, 0.15) is 39.3 Å². The Balaban J connectivity index is 1.94. The van der Waals surface area contributed by atoms with Crippen LogP contribution >= 0.6 is 0 Å². The van der Waals surface area contributed by atoms with Gasteiger partial charge in [-0.3, -0.25) is 9.80 Å². The third kappa shape index (κ3) is 6.05. The van der Waals surface area contributed by atoms with Crippen molar-refractivity contribution in [2.45, 2.75) is 39.8 Å². The normalized spacial score (nSPS) is 19.0. The van der Waals surface area contributed by atoms with Crippen LogP contribution in [-0.4, -0.2) is 91.8 Å². The fourth-order valence-electron chi connectivity index (χ4n) is 4.45. The molecule has 0 aromatic heterocycles. The quantitative estimate of drug-likeness (QED) is 0.546. The predicted octanol–water partition coefficient (Wildman–Crippen LogP) is 2.33. The Bertz CT molecular complexity index is 955. The second-order valence-electron chi connectivity index (χ2n) is 8.82. The molecule has 1 saturated heterocycles. The van der Waals surface area contributed by atoms with Gasteiger partial charge in [0, 0.05) is 56.6 Å². The molecule has 1 fully saturated rings. The van der Waals surface area contributed by atoms with E-state index in [4.69, 9.17) is 9.47 Å². The fourth-order valence-corrected chi connectivity index (χ4v) is 4.45. The van der Waals surface area contributed by atoms with Gasteiger partial charge in [0.15, 0.2) is 0 Å². The number of likely N-dealkylation sites (N-methyl/N-ethyl adjacent to an activating group) is 1. The van der Waals surface area contributed by atoms with Crippen LogP contribution in [0.5, 0.6) is 5.75 Å². The maximum atomic E-state index is 13.3. The number of ether oxygens (including phenoxy) is 2. The van der Waals surface area contributed by atoms with Crippen LogP contribution in [0.3, 0.4) is 0 Å². The number of rotatable bonds is 8. The monoisotopic (exact) mass is 487 g/mol. The molecule has 1 aromatic rings. The highest BCUT2D eigenvalue weighted by atomic mass is 16.5. The number of carbonyl (C=O) groups is 3. The average Bonchev–Trinajstić information content (AvgIpc) is 2.84. The Morgan fingerprint density at radius 3 is 2.43 bits per heavy atom. The first-order valence-corrected chi connectivity index (χ1v) is 12.2. The van der Waals surface area contributed by atoms with Crippen LogP contribution in [0.15, 0.2) is 35.5 Å². The second kappa shape index (κ2) is 11.9. The summed E-state index contributed by atoms with van der Waals surface area (Å²) in [5.41, 5.74) is 1.71. The summed E-state index contributed by atoms with van der Waals surface area (Å²) in [6.45, 7) is 10.9. The SMILES string of the molecule is CCOC(=O)C1=C(CN2CCN(C(=O)NC(C)C)CC2)N(CC)C(=O)NC1c1ccccc1OC. The van der Waals surface area contributed by atoms with Gasteiger partial charge in [-0.2, -0.15) is 0 Å². The number of nitrogens with one attached hydrogen (secondary N) is 2. The zero-order valence-electron chi connectivity index (χ0n) is 21.3. The standard InChI is InChI=1S/C25H37N5O5/c1-6-30-19(16-28-12-14-29(15-13-28)24(32)26-17(3)4)21(23(31)35-7-2)22(27-25(30)33)18-10-8-9-11-20(18)34-5/h8-11,17,22H,6-7,12-16H2,1-5H3,(H,26,32)(H,27,33). The van der Waals surface area contributed by atoms with E-state index in [0.717, 1.165) is 0 Å². The summed E-state index contributed by atoms with van der Waals surface area (Å²) in [5, 5.41) is 5.90. The van der Waals surface area contributed by atoms with Gasteiger partial charge in [0.05, 0.1) is 25.3 Å². The fraction of sp³-hybridized carbons (Fsp3) is 0.560. The number of methoxy groups -OCH3 is 1. The zero-order valence-corrected chi connectivity index (χ0v) is 21.3. The maximum Gasteiger partial charge on any atom is 0.338 e. The molecule has 0 aliphatic carbocycles. The van der Waals surface area contributed by atoms with E-state index in [1.54, 1.807) is 29.9 Å². The number of hydrogen-bond donors (Lipinski definition) is 2. The van der Waals surface area contributed by atoms with Gasteiger partial charge in [-0.05, 0) is 33.8 Å². The van der Waals surface area contributed by atoms with E-state index >= 15 is 0 Å². The van der Waals surface area contributed by atoms with Crippen molar-refractivity contribution in [3.05, 3.63) is 41.1 Å². The Hall–Kier alpha value is -3.27. The lowest BCUT2D eigenvalue weighted by atomic mass is 9.93. The van der Waals surface area contributed by atoms with E-state index in [-0.39, 0.29) is 24.7 Å². The number of urea groups is 2. The van der Waals surface area contributed by atoms with Crippen molar-refractivity contribution in [2.24, 2.45) is 0 Å². The average molecular weight is 488 g/mol. The van der Waals surface area contributed by atoms with Gasteiger partial charge in [0.2, 0.25) is 0 Å². The van der Waals surface area contributed by atoms with Crippen molar-refractivity contribution in [2.75, 3.05) is 53.0 Å². The molecule has 0 saturated carbocycles. The molecule has 2 aliphatic heterocycles.